The number of nitrogens with zero attached hydrogens (tertiary/aromatic N) is 6. The van der Waals surface area contributed by atoms with E-state index in [4.69, 9.17) is 11.6 Å². The number of hydrogen-bond acceptors (Lipinski definition) is 9. The molecule has 1 aliphatic heterocycles. The van der Waals surface area contributed by atoms with Crippen molar-refractivity contribution in [3.05, 3.63) is 36.7 Å². The summed E-state index contributed by atoms with van der Waals surface area (Å²) in [6.45, 7) is 11.5. The summed E-state index contributed by atoms with van der Waals surface area (Å²) in [4.78, 5) is 18.5. The van der Waals surface area contributed by atoms with E-state index in [1.807, 2.05) is 38.2 Å². The lowest BCUT2D eigenvalue weighted by molar-refractivity contribution is 0.271. The molecule has 1 fully saturated rings. The van der Waals surface area contributed by atoms with Crippen LogP contribution >= 0.6 is 0 Å². The van der Waals surface area contributed by atoms with Gasteiger partial charge in [0, 0.05) is 43.8 Å². The minimum atomic E-state index is 0.0766. The largest absolute Gasteiger partial charge is 0.397 e. The Morgan fingerprint density at radius 2 is 1.84 bits per heavy atom. The first-order valence-electron chi connectivity index (χ1n) is 10.8. The predicted octanol–water partition coefficient (Wildman–Crippen LogP) is 2.58. The van der Waals surface area contributed by atoms with Gasteiger partial charge in [-0.1, -0.05) is 6.92 Å². The molecule has 0 amide bonds. The highest BCUT2D eigenvalue weighted by Gasteiger charge is 2.17. The lowest BCUT2D eigenvalue weighted by atomic mass is 10.1. The van der Waals surface area contributed by atoms with Crippen molar-refractivity contribution in [2.75, 3.05) is 53.7 Å². The molecule has 0 bridgehead atoms. The van der Waals surface area contributed by atoms with Crippen molar-refractivity contribution in [2.45, 2.75) is 26.8 Å². The Hall–Kier alpha value is -3.17. The molecule has 0 saturated carbocycles. The molecule has 0 spiro atoms. The number of pyridine rings is 1. The van der Waals surface area contributed by atoms with Gasteiger partial charge in [0.1, 0.15) is 17.0 Å². The predicted molar refractivity (Wildman–Crippen MR) is 128 cm³/mol. The van der Waals surface area contributed by atoms with Gasteiger partial charge in [0.15, 0.2) is 0 Å². The molecule has 9 nitrogen and oxygen atoms in total. The van der Waals surface area contributed by atoms with Gasteiger partial charge in [-0.15, -0.1) is 0 Å². The molecule has 1 aliphatic rings. The van der Waals surface area contributed by atoms with Crippen molar-refractivity contribution in [1.82, 2.24) is 19.9 Å². The zero-order valence-corrected chi connectivity index (χ0v) is 18.4. The molecule has 3 aromatic rings. The number of fused-ring (bicyclic) bond motifs is 1. The number of likely N-dealkylation sites (N-methyl/N-ethyl adjacent to an activating group) is 1. The fraction of sp³-hybridized carbons (Fsp3) is 0.409. The fourth-order valence-corrected chi connectivity index (χ4v) is 3.77. The Bertz CT molecular complexity index is 1030. The van der Waals surface area contributed by atoms with E-state index in [2.05, 4.69) is 43.1 Å². The van der Waals surface area contributed by atoms with Crippen molar-refractivity contribution in [1.29, 1.82) is 0 Å². The summed E-state index contributed by atoms with van der Waals surface area (Å²) < 4.78 is 0. The molecule has 164 valence electrons. The molecule has 1 saturated heterocycles. The number of nitrogens with one attached hydrogen (secondary N) is 1. The topological polar surface area (TPSA) is 112 Å². The average Bonchev–Trinajstić information content (AvgIpc) is 2.79. The first kappa shape index (κ1) is 21.1. The second kappa shape index (κ2) is 8.91. The molecule has 3 heterocycles. The highest BCUT2D eigenvalue weighted by Crippen LogP contribution is 2.31. The normalized spacial score (nSPS) is 14.9. The summed E-state index contributed by atoms with van der Waals surface area (Å²) in [7, 11) is 0. The number of benzene rings is 1. The molecular formula is C22H31N9. The summed E-state index contributed by atoms with van der Waals surface area (Å²) >= 11 is 0. The van der Waals surface area contributed by atoms with Gasteiger partial charge < -0.3 is 25.9 Å². The van der Waals surface area contributed by atoms with E-state index in [1.165, 1.54) is 0 Å². The Morgan fingerprint density at radius 3 is 2.48 bits per heavy atom. The Balaban J connectivity index is 1.54. The van der Waals surface area contributed by atoms with Gasteiger partial charge in [0.2, 0.25) is 5.95 Å². The second-order valence-electron chi connectivity index (χ2n) is 8.08. The van der Waals surface area contributed by atoms with E-state index in [1.54, 1.807) is 11.2 Å². The van der Waals surface area contributed by atoms with Crippen molar-refractivity contribution in [2.24, 2.45) is 5.84 Å². The number of rotatable bonds is 6. The van der Waals surface area contributed by atoms with Crippen LogP contribution < -0.4 is 26.8 Å². The quantitative estimate of drug-likeness (QED) is 0.314. The van der Waals surface area contributed by atoms with Gasteiger partial charge in [-0.2, -0.15) is 0 Å². The summed E-state index contributed by atoms with van der Waals surface area (Å²) in [5, 5.41) is 5.71. The van der Waals surface area contributed by atoms with Crippen LogP contribution in [0.5, 0.6) is 0 Å². The Labute approximate surface area is 183 Å². The lowest BCUT2D eigenvalue weighted by Gasteiger charge is -2.35. The van der Waals surface area contributed by atoms with Gasteiger partial charge in [0.25, 0.3) is 0 Å². The van der Waals surface area contributed by atoms with E-state index in [0.29, 0.717) is 28.7 Å². The maximum absolute atomic E-state index is 6.26. The fourth-order valence-electron chi connectivity index (χ4n) is 3.77. The van der Waals surface area contributed by atoms with Crippen molar-refractivity contribution in [3.63, 3.8) is 0 Å². The van der Waals surface area contributed by atoms with Gasteiger partial charge in [-0.25, -0.2) is 20.8 Å². The summed E-state index contributed by atoms with van der Waals surface area (Å²) in [6.07, 6.45) is 3.66. The zero-order chi connectivity index (χ0) is 22.0. The maximum Gasteiger partial charge on any atom is 0.228 e. The molecule has 9 heteroatoms. The second-order valence-corrected chi connectivity index (χ2v) is 8.08. The number of anilines is 5. The third-order valence-corrected chi connectivity index (χ3v) is 5.74. The third kappa shape index (κ3) is 4.47. The standard InChI is InChI=1S/C22H31N9/c1-4-29-9-11-30(12-10-29)17-6-8-19(25-14-17)27-22-26-13-16-5-7-18(23)21(20(16)28-22)31(24)15(2)3/h5-8,13-15H,4,9-12,23-24H2,1-3H3,(H,25,26,27,28). The SMILES string of the molecule is CCN1CCN(c2ccc(Nc3ncc4ccc(N)c(N(N)C(C)C)c4n3)nc2)CC1. The highest BCUT2D eigenvalue weighted by molar-refractivity contribution is 5.97. The Morgan fingerprint density at radius 1 is 1.06 bits per heavy atom. The number of piperazine rings is 1. The molecule has 1 aromatic carbocycles. The lowest BCUT2D eigenvalue weighted by Crippen LogP contribution is -2.46. The van der Waals surface area contributed by atoms with Crippen molar-refractivity contribution >= 4 is 39.7 Å². The summed E-state index contributed by atoms with van der Waals surface area (Å²) in [6, 6.07) is 7.85. The minimum Gasteiger partial charge on any atom is -0.397 e. The minimum absolute atomic E-state index is 0.0766. The molecule has 31 heavy (non-hydrogen) atoms. The average molecular weight is 422 g/mol. The van der Waals surface area contributed by atoms with Gasteiger partial charge in [0.05, 0.1) is 17.6 Å². The van der Waals surface area contributed by atoms with E-state index in [0.717, 1.165) is 43.8 Å². The third-order valence-electron chi connectivity index (χ3n) is 5.74. The molecule has 0 unspecified atom stereocenters. The van der Waals surface area contributed by atoms with Crippen LogP contribution in [0, 0.1) is 0 Å². The summed E-state index contributed by atoms with van der Waals surface area (Å²) in [5.41, 5.74) is 9.33. The molecule has 0 atom stereocenters. The van der Waals surface area contributed by atoms with E-state index in [9.17, 15) is 0 Å². The van der Waals surface area contributed by atoms with E-state index < -0.39 is 0 Å². The molecular weight excluding hydrogens is 390 g/mol. The highest BCUT2D eigenvalue weighted by atomic mass is 15.4. The smallest absolute Gasteiger partial charge is 0.228 e. The first-order chi connectivity index (χ1) is 15.0. The number of nitrogen functional groups attached to an aromatic ring is 1. The number of nitrogens with two attached hydrogens (primary N) is 2. The van der Waals surface area contributed by atoms with Crippen LogP contribution in [0.4, 0.5) is 28.8 Å². The van der Waals surface area contributed by atoms with E-state index >= 15 is 0 Å². The van der Waals surface area contributed by atoms with Crippen LogP contribution in [-0.2, 0) is 0 Å². The number of hydrazine groups is 1. The van der Waals surface area contributed by atoms with Gasteiger partial charge >= 0.3 is 0 Å². The molecule has 0 aliphatic carbocycles. The van der Waals surface area contributed by atoms with Crippen LogP contribution in [-0.4, -0.2) is 58.6 Å². The van der Waals surface area contributed by atoms with Gasteiger partial charge in [-0.3, -0.25) is 0 Å². The molecule has 0 radical (unpaired) electrons. The first-order valence-corrected chi connectivity index (χ1v) is 10.8. The monoisotopic (exact) mass is 421 g/mol. The molecule has 4 rings (SSSR count). The number of aromatic nitrogens is 3. The van der Waals surface area contributed by atoms with Crippen LogP contribution in [0.1, 0.15) is 20.8 Å². The molecule has 2 aromatic heterocycles. The summed E-state index contributed by atoms with van der Waals surface area (Å²) in [5.74, 6) is 7.41. The molecule has 5 N–H and O–H groups in total. The van der Waals surface area contributed by atoms with E-state index in [-0.39, 0.29) is 6.04 Å². The Kier molecular flexibility index (Phi) is 6.06. The van der Waals surface area contributed by atoms with Crippen LogP contribution in [0.3, 0.4) is 0 Å². The van der Waals surface area contributed by atoms with Crippen molar-refractivity contribution in [3.8, 4) is 0 Å². The van der Waals surface area contributed by atoms with Crippen LogP contribution in [0.25, 0.3) is 10.9 Å². The maximum atomic E-state index is 6.26. The zero-order valence-electron chi connectivity index (χ0n) is 18.4. The van der Waals surface area contributed by atoms with Crippen LogP contribution in [0.15, 0.2) is 36.7 Å². The number of hydrogen-bond donors (Lipinski definition) is 3. The van der Waals surface area contributed by atoms with Crippen molar-refractivity contribution < 1.29 is 0 Å². The van der Waals surface area contributed by atoms with Crippen LogP contribution in [0.2, 0.25) is 0 Å². The van der Waals surface area contributed by atoms with Gasteiger partial charge in [-0.05, 0) is 44.7 Å².